The molecule has 0 radical (unpaired) electrons. The number of nitrogens with one attached hydrogen (secondary N) is 1. The van der Waals surface area contributed by atoms with Crippen LogP contribution in [0, 0.1) is 13.8 Å². The van der Waals surface area contributed by atoms with Gasteiger partial charge in [-0.05, 0) is 45.4 Å². The number of rotatable bonds is 4. The molecule has 0 bridgehead atoms. The fraction of sp³-hybridized carbons (Fsp3) is 0.333. The Hall–Kier alpha value is -2.76. The van der Waals surface area contributed by atoms with Crippen molar-refractivity contribution in [2.45, 2.75) is 40.2 Å². The fourth-order valence-corrected chi connectivity index (χ4v) is 2.62. The Labute approximate surface area is 140 Å². The molecule has 24 heavy (non-hydrogen) atoms. The fourth-order valence-electron chi connectivity index (χ4n) is 2.62. The summed E-state index contributed by atoms with van der Waals surface area (Å²) < 4.78 is 1.88. The summed E-state index contributed by atoms with van der Waals surface area (Å²) in [4.78, 5) is 21.6. The van der Waals surface area contributed by atoms with E-state index in [1.807, 2.05) is 30.7 Å². The summed E-state index contributed by atoms with van der Waals surface area (Å²) in [6, 6.07) is 7.55. The molecule has 0 aliphatic rings. The lowest BCUT2D eigenvalue weighted by Gasteiger charge is -2.11. The van der Waals surface area contributed by atoms with Crippen molar-refractivity contribution < 1.29 is 4.79 Å². The molecule has 3 aromatic heterocycles. The molecule has 3 heterocycles. The number of nitrogens with zero attached hydrogens (tertiary/aromatic N) is 4. The van der Waals surface area contributed by atoms with Crippen LogP contribution in [0.25, 0.3) is 11.0 Å². The minimum Gasteiger partial charge on any atom is -0.307 e. The van der Waals surface area contributed by atoms with Crippen molar-refractivity contribution in [1.82, 2.24) is 19.7 Å². The van der Waals surface area contributed by atoms with Gasteiger partial charge in [-0.3, -0.25) is 4.79 Å². The maximum atomic E-state index is 12.7. The van der Waals surface area contributed by atoms with E-state index in [0.29, 0.717) is 11.4 Å². The lowest BCUT2D eigenvalue weighted by atomic mass is 10.1. The van der Waals surface area contributed by atoms with Crippen molar-refractivity contribution in [3.63, 3.8) is 0 Å². The van der Waals surface area contributed by atoms with Gasteiger partial charge in [0.25, 0.3) is 5.91 Å². The molecule has 1 atom stereocenters. The van der Waals surface area contributed by atoms with Gasteiger partial charge in [-0.25, -0.2) is 14.6 Å². The van der Waals surface area contributed by atoms with Crippen LogP contribution in [0.15, 0.2) is 30.5 Å². The summed E-state index contributed by atoms with van der Waals surface area (Å²) in [7, 11) is 0. The van der Waals surface area contributed by atoms with Crippen LogP contribution in [0.3, 0.4) is 0 Å². The van der Waals surface area contributed by atoms with Gasteiger partial charge in [0.05, 0.1) is 23.2 Å². The monoisotopic (exact) mass is 323 g/mol. The number of fused-ring (bicyclic) bond motifs is 1. The molecule has 1 N–H and O–H groups in total. The third kappa shape index (κ3) is 2.99. The Balaban J connectivity index is 2.02. The van der Waals surface area contributed by atoms with Crippen LogP contribution in [-0.2, 0) is 0 Å². The Morgan fingerprint density at radius 1 is 1.25 bits per heavy atom. The Morgan fingerprint density at radius 3 is 2.75 bits per heavy atom. The Kier molecular flexibility index (Phi) is 4.29. The normalized spacial score (nSPS) is 12.3. The molecule has 0 spiro atoms. The van der Waals surface area contributed by atoms with Crippen LogP contribution >= 0.6 is 0 Å². The molecule has 3 rings (SSSR count). The zero-order chi connectivity index (χ0) is 17.3. The number of carbonyl (C=O) groups is 1. The number of pyridine rings is 2. The third-order valence-electron chi connectivity index (χ3n) is 4.08. The smallest absolute Gasteiger partial charge is 0.257 e. The molecule has 0 saturated heterocycles. The largest absolute Gasteiger partial charge is 0.307 e. The van der Waals surface area contributed by atoms with Crippen molar-refractivity contribution >= 4 is 22.8 Å². The molecular formula is C18H21N5O. The molecule has 124 valence electrons. The molecule has 0 unspecified atom stereocenters. The van der Waals surface area contributed by atoms with Crippen molar-refractivity contribution in [3.8, 4) is 0 Å². The number of amides is 1. The zero-order valence-electron chi connectivity index (χ0n) is 14.4. The maximum absolute atomic E-state index is 12.7. The first kappa shape index (κ1) is 16.1. The maximum Gasteiger partial charge on any atom is 0.257 e. The van der Waals surface area contributed by atoms with Gasteiger partial charge in [0.15, 0.2) is 5.65 Å². The van der Waals surface area contributed by atoms with E-state index in [9.17, 15) is 4.79 Å². The number of anilines is 1. The van der Waals surface area contributed by atoms with E-state index in [1.165, 1.54) is 0 Å². The van der Waals surface area contributed by atoms with Gasteiger partial charge in [0.1, 0.15) is 5.82 Å². The van der Waals surface area contributed by atoms with Gasteiger partial charge in [-0.1, -0.05) is 13.0 Å². The van der Waals surface area contributed by atoms with Crippen LogP contribution < -0.4 is 5.32 Å². The first-order valence-corrected chi connectivity index (χ1v) is 8.09. The van der Waals surface area contributed by atoms with Gasteiger partial charge in [0.2, 0.25) is 0 Å². The van der Waals surface area contributed by atoms with Crippen LogP contribution in [0.5, 0.6) is 0 Å². The molecule has 0 aliphatic carbocycles. The number of hydrogen-bond acceptors (Lipinski definition) is 4. The number of hydrogen-bond donors (Lipinski definition) is 1. The lowest BCUT2D eigenvalue weighted by molar-refractivity contribution is 0.102. The highest BCUT2D eigenvalue weighted by Crippen LogP contribution is 2.23. The first-order valence-electron chi connectivity index (χ1n) is 8.09. The lowest BCUT2D eigenvalue weighted by Crippen LogP contribution is -2.14. The average molecular weight is 323 g/mol. The second-order valence-corrected chi connectivity index (χ2v) is 6.01. The summed E-state index contributed by atoms with van der Waals surface area (Å²) >= 11 is 0. The second kappa shape index (κ2) is 6.39. The number of aryl methyl sites for hydroxylation is 2. The van der Waals surface area contributed by atoms with Crippen LogP contribution in [0.1, 0.15) is 48.1 Å². The van der Waals surface area contributed by atoms with E-state index < -0.39 is 0 Å². The van der Waals surface area contributed by atoms with Crippen molar-refractivity contribution in [2.24, 2.45) is 0 Å². The summed E-state index contributed by atoms with van der Waals surface area (Å²) in [6.45, 7) is 7.97. The summed E-state index contributed by atoms with van der Waals surface area (Å²) in [5.74, 6) is 0.337. The Bertz CT molecular complexity index is 900. The summed E-state index contributed by atoms with van der Waals surface area (Å²) in [5.41, 5.74) is 2.95. The Morgan fingerprint density at radius 2 is 2.04 bits per heavy atom. The van der Waals surface area contributed by atoms with E-state index in [1.54, 1.807) is 18.3 Å². The summed E-state index contributed by atoms with van der Waals surface area (Å²) in [6.07, 6.45) is 2.66. The molecule has 6 nitrogen and oxygen atoms in total. The molecule has 0 saturated carbocycles. The van der Waals surface area contributed by atoms with E-state index >= 15 is 0 Å². The van der Waals surface area contributed by atoms with Crippen molar-refractivity contribution in [3.05, 3.63) is 47.4 Å². The molecule has 3 aromatic rings. The molecular weight excluding hydrogens is 302 g/mol. The van der Waals surface area contributed by atoms with E-state index in [-0.39, 0.29) is 11.9 Å². The van der Waals surface area contributed by atoms with E-state index in [4.69, 9.17) is 0 Å². The third-order valence-corrected chi connectivity index (χ3v) is 4.08. The second-order valence-electron chi connectivity index (χ2n) is 6.01. The van der Waals surface area contributed by atoms with Gasteiger partial charge in [-0.15, -0.1) is 0 Å². The van der Waals surface area contributed by atoms with Crippen molar-refractivity contribution in [1.29, 1.82) is 0 Å². The standard InChI is InChI=1S/C18H21N5O/c1-5-13(4)23-17-15(10-19-23)14(9-12(3)21-17)18(24)22-16-8-6-7-11(2)20-16/h6-10,13H,5H2,1-4H3,(H,20,22,24)/t13-/m0/s1. The quantitative estimate of drug-likeness (QED) is 0.795. The van der Waals surface area contributed by atoms with Crippen LogP contribution in [-0.4, -0.2) is 25.7 Å². The SMILES string of the molecule is CC[C@H](C)n1ncc2c(C(=O)Nc3cccc(C)n3)cc(C)nc21. The average Bonchev–Trinajstić information content (AvgIpc) is 2.97. The van der Waals surface area contributed by atoms with Gasteiger partial charge >= 0.3 is 0 Å². The molecule has 0 aromatic carbocycles. The predicted octanol–water partition coefficient (Wildman–Crippen LogP) is 3.67. The van der Waals surface area contributed by atoms with E-state index in [0.717, 1.165) is 28.8 Å². The topological polar surface area (TPSA) is 72.7 Å². The number of aromatic nitrogens is 4. The van der Waals surface area contributed by atoms with Gasteiger partial charge < -0.3 is 5.32 Å². The summed E-state index contributed by atoms with van der Waals surface area (Å²) in [5, 5.41) is 8.04. The van der Waals surface area contributed by atoms with E-state index in [2.05, 4.69) is 34.2 Å². The highest BCUT2D eigenvalue weighted by molar-refractivity contribution is 6.11. The van der Waals surface area contributed by atoms with Crippen molar-refractivity contribution in [2.75, 3.05) is 5.32 Å². The van der Waals surface area contributed by atoms with Gasteiger partial charge in [-0.2, -0.15) is 5.10 Å². The minimum absolute atomic E-state index is 0.202. The molecule has 1 amide bonds. The van der Waals surface area contributed by atoms with Crippen LogP contribution in [0.2, 0.25) is 0 Å². The van der Waals surface area contributed by atoms with Crippen LogP contribution in [0.4, 0.5) is 5.82 Å². The molecule has 6 heteroatoms. The predicted molar refractivity (Wildman–Crippen MR) is 94.2 cm³/mol. The highest BCUT2D eigenvalue weighted by Gasteiger charge is 2.18. The highest BCUT2D eigenvalue weighted by atomic mass is 16.1. The number of carbonyl (C=O) groups excluding carboxylic acids is 1. The molecule has 0 fully saturated rings. The molecule has 0 aliphatic heterocycles. The first-order chi connectivity index (χ1) is 11.5. The minimum atomic E-state index is -0.202. The zero-order valence-corrected chi connectivity index (χ0v) is 14.4. The van der Waals surface area contributed by atoms with Gasteiger partial charge in [0, 0.05) is 11.4 Å².